The number of urea groups is 1. The number of carbonyl (C=O) groups is 2. The van der Waals surface area contributed by atoms with Crippen molar-refractivity contribution in [3.8, 4) is 0 Å². The number of anilines is 2. The molecule has 0 bridgehead atoms. The SMILES string of the molecule is CCc1cccc(NC(=O)N2CCC3(CCC(C(=O)Nc4cccnc4)O3)CC2)c1. The maximum absolute atomic E-state index is 12.7. The van der Waals surface area contributed by atoms with Gasteiger partial charge < -0.3 is 20.3 Å². The third-order valence-corrected chi connectivity index (χ3v) is 6.02. The minimum atomic E-state index is -0.456. The Kier molecular flexibility index (Phi) is 5.99. The van der Waals surface area contributed by atoms with Crippen LogP contribution >= 0.6 is 0 Å². The third kappa shape index (κ3) is 4.62. The first-order valence-electron chi connectivity index (χ1n) is 10.6. The second-order valence-corrected chi connectivity index (χ2v) is 8.03. The van der Waals surface area contributed by atoms with Crippen LogP contribution in [-0.4, -0.2) is 46.6 Å². The molecule has 158 valence electrons. The fourth-order valence-electron chi connectivity index (χ4n) is 4.21. The Morgan fingerprint density at radius 2 is 1.93 bits per heavy atom. The second kappa shape index (κ2) is 8.83. The highest BCUT2D eigenvalue weighted by molar-refractivity contribution is 5.94. The number of carbonyl (C=O) groups excluding carboxylic acids is 2. The fourth-order valence-corrected chi connectivity index (χ4v) is 4.21. The van der Waals surface area contributed by atoms with E-state index in [1.54, 1.807) is 18.5 Å². The summed E-state index contributed by atoms with van der Waals surface area (Å²) in [5, 5.41) is 5.86. The zero-order chi connectivity index (χ0) is 21.0. The molecule has 7 heteroatoms. The maximum Gasteiger partial charge on any atom is 0.321 e. The van der Waals surface area contributed by atoms with E-state index in [9.17, 15) is 9.59 Å². The zero-order valence-corrected chi connectivity index (χ0v) is 17.3. The van der Waals surface area contributed by atoms with Gasteiger partial charge in [-0.05, 0) is 61.9 Å². The number of ether oxygens (including phenoxy) is 1. The van der Waals surface area contributed by atoms with Gasteiger partial charge in [0.2, 0.25) is 0 Å². The van der Waals surface area contributed by atoms with Crippen LogP contribution in [-0.2, 0) is 16.0 Å². The van der Waals surface area contributed by atoms with Gasteiger partial charge in [-0.3, -0.25) is 9.78 Å². The first-order valence-corrected chi connectivity index (χ1v) is 10.6. The molecule has 2 aliphatic rings. The van der Waals surface area contributed by atoms with Crippen molar-refractivity contribution >= 4 is 23.3 Å². The van der Waals surface area contributed by atoms with Crippen LogP contribution in [0, 0.1) is 0 Å². The summed E-state index contributed by atoms with van der Waals surface area (Å²) in [6, 6.07) is 11.4. The van der Waals surface area contributed by atoms with Gasteiger partial charge in [0, 0.05) is 25.0 Å². The number of nitrogens with zero attached hydrogens (tertiary/aromatic N) is 2. The molecule has 7 nitrogen and oxygen atoms in total. The molecule has 0 aliphatic carbocycles. The maximum atomic E-state index is 12.7. The summed E-state index contributed by atoms with van der Waals surface area (Å²) in [6.45, 7) is 3.34. The van der Waals surface area contributed by atoms with E-state index in [1.807, 2.05) is 29.2 Å². The minimum absolute atomic E-state index is 0.0815. The highest BCUT2D eigenvalue weighted by Crippen LogP contribution is 2.39. The molecule has 0 saturated carbocycles. The average Bonchev–Trinajstić information content (AvgIpc) is 3.18. The topological polar surface area (TPSA) is 83.6 Å². The number of amides is 3. The van der Waals surface area contributed by atoms with Gasteiger partial charge in [-0.2, -0.15) is 0 Å². The highest BCUT2D eigenvalue weighted by Gasteiger charge is 2.45. The van der Waals surface area contributed by atoms with E-state index in [0.717, 1.165) is 31.4 Å². The number of benzene rings is 1. The molecule has 2 saturated heterocycles. The number of likely N-dealkylation sites (tertiary alicyclic amines) is 1. The molecular formula is C23H28N4O3. The summed E-state index contributed by atoms with van der Waals surface area (Å²) in [4.78, 5) is 31.0. The van der Waals surface area contributed by atoms with Crippen molar-refractivity contribution < 1.29 is 14.3 Å². The van der Waals surface area contributed by atoms with Gasteiger partial charge in [0.05, 0.1) is 17.5 Å². The lowest BCUT2D eigenvalue weighted by Crippen LogP contribution is -2.48. The van der Waals surface area contributed by atoms with Crippen LogP contribution in [0.5, 0.6) is 0 Å². The van der Waals surface area contributed by atoms with E-state index in [4.69, 9.17) is 4.74 Å². The van der Waals surface area contributed by atoms with Gasteiger partial charge in [-0.1, -0.05) is 19.1 Å². The largest absolute Gasteiger partial charge is 0.362 e. The van der Waals surface area contributed by atoms with Crippen molar-refractivity contribution in [1.29, 1.82) is 0 Å². The summed E-state index contributed by atoms with van der Waals surface area (Å²) in [5.41, 5.74) is 2.38. The van der Waals surface area contributed by atoms with Crippen LogP contribution in [0.15, 0.2) is 48.8 Å². The quantitative estimate of drug-likeness (QED) is 0.805. The average molecular weight is 409 g/mol. The molecule has 2 aromatic rings. The Bertz CT molecular complexity index is 894. The smallest absolute Gasteiger partial charge is 0.321 e. The van der Waals surface area contributed by atoms with Crippen molar-refractivity contribution in [3.05, 3.63) is 54.4 Å². The molecule has 2 fully saturated rings. The molecule has 30 heavy (non-hydrogen) atoms. The van der Waals surface area contributed by atoms with E-state index in [0.29, 0.717) is 25.2 Å². The highest BCUT2D eigenvalue weighted by atomic mass is 16.5. The Hall–Kier alpha value is -2.93. The molecule has 2 aliphatic heterocycles. The van der Waals surface area contributed by atoms with Crippen molar-refractivity contribution in [1.82, 2.24) is 9.88 Å². The minimum Gasteiger partial charge on any atom is -0.362 e. The molecule has 1 aromatic heterocycles. The number of pyridine rings is 1. The van der Waals surface area contributed by atoms with E-state index in [-0.39, 0.29) is 17.5 Å². The molecule has 0 radical (unpaired) electrons. The van der Waals surface area contributed by atoms with Crippen molar-refractivity contribution in [2.24, 2.45) is 0 Å². The number of aromatic nitrogens is 1. The summed E-state index contributed by atoms with van der Waals surface area (Å²) >= 11 is 0. The third-order valence-electron chi connectivity index (χ3n) is 6.02. The predicted molar refractivity (Wildman–Crippen MR) is 115 cm³/mol. The van der Waals surface area contributed by atoms with Gasteiger partial charge in [-0.25, -0.2) is 4.79 Å². The van der Waals surface area contributed by atoms with Crippen molar-refractivity contribution in [2.45, 2.75) is 50.7 Å². The lowest BCUT2D eigenvalue weighted by Gasteiger charge is -2.39. The van der Waals surface area contributed by atoms with E-state index >= 15 is 0 Å². The zero-order valence-electron chi connectivity index (χ0n) is 17.3. The fraction of sp³-hybridized carbons (Fsp3) is 0.435. The number of hydrogen-bond donors (Lipinski definition) is 2. The Morgan fingerprint density at radius 3 is 2.67 bits per heavy atom. The second-order valence-electron chi connectivity index (χ2n) is 8.03. The van der Waals surface area contributed by atoms with E-state index in [1.165, 1.54) is 5.56 Å². The monoisotopic (exact) mass is 408 g/mol. The summed E-state index contributed by atoms with van der Waals surface area (Å²) in [5.74, 6) is -0.129. The van der Waals surface area contributed by atoms with E-state index in [2.05, 4.69) is 28.6 Å². The van der Waals surface area contributed by atoms with Gasteiger partial charge in [0.25, 0.3) is 5.91 Å². The molecule has 1 aromatic carbocycles. The molecule has 4 rings (SSSR count). The molecule has 3 heterocycles. The molecule has 1 atom stereocenters. The van der Waals surface area contributed by atoms with Gasteiger partial charge in [0.1, 0.15) is 6.10 Å². The van der Waals surface area contributed by atoms with Gasteiger partial charge in [-0.15, -0.1) is 0 Å². The number of rotatable bonds is 4. The number of nitrogens with one attached hydrogen (secondary N) is 2. The number of hydrogen-bond acceptors (Lipinski definition) is 4. The lowest BCUT2D eigenvalue weighted by atomic mass is 9.88. The molecule has 2 N–H and O–H groups in total. The van der Waals surface area contributed by atoms with E-state index < -0.39 is 6.10 Å². The standard InChI is InChI=1S/C23H28N4O3/c1-2-17-5-3-6-18(15-17)26-22(29)27-13-10-23(11-14-27)9-8-20(30-23)21(28)25-19-7-4-12-24-16-19/h3-7,12,15-16,20H,2,8-11,13-14H2,1H3,(H,25,28)(H,26,29). The van der Waals surface area contributed by atoms with Crippen molar-refractivity contribution in [3.63, 3.8) is 0 Å². The predicted octanol–water partition coefficient (Wildman–Crippen LogP) is 3.83. The Labute approximate surface area is 176 Å². The summed E-state index contributed by atoms with van der Waals surface area (Å²) in [7, 11) is 0. The first-order chi connectivity index (χ1) is 14.6. The molecular weight excluding hydrogens is 380 g/mol. The van der Waals surface area contributed by atoms with Crippen LogP contribution < -0.4 is 10.6 Å². The molecule has 1 spiro atoms. The summed E-state index contributed by atoms with van der Waals surface area (Å²) in [6.07, 6.45) is 6.79. The summed E-state index contributed by atoms with van der Waals surface area (Å²) < 4.78 is 6.21. The number of piperidine rings is 1. The van der Waals surface area contributed by atoms with Crippen LogP contribution in [0.4, 0.5) is 16.2 Å². The Balaban J connectivity index is 1.28. The first kappa shape index (κ1) is 20.3. The van der Waals surface area contributed by atoms with Crippen LogP contribution in [0.25, 0.3) is 0 Å². The molecule has 1 unspecified atom stereocenters. The van der Waals surface area contributed by atoms with Crippen LogP contribution in [0.1, 0.15) is 38.2 Å². The molecule has 3 amide bonds. The van der Waals surface area contributed by atoms with Gasteiger partial charge in [0.15, 0.2) is 0 Å². The number of aryl methyl sites for hydroxylation is 1. The lowest BCUT2D eigenvalue weighted by molar-refractivity contribution is -0.134. The Morgan fingerprint density at radius 1 is 1.13 bits per heavy atom. The van der Waals surface area contributed by atoms with Crippen LogP contribution in [0.2, 0.25) is 0 Å². The van der Waals surface area contributed by atoms with Crippen molar-refractivity contribution in [2.75, 3.05) is 23.7 Å². The van der Waals surface area contributed by atoms with Gasteiger partial charge >= 0.3 is 6.03 Å². The van der Waals surface area contributed by atoms with Crippen LogP contribution in [0.3, 0.4) is 0 Å². The normalized spacial score (nSPS) is 20.2.